The number of esters is 1. The number of nitrogens with zero attached hydrogens (tertiary/aromatic N) is 1. The fourth-order valence-electron chi connectivity index (χ4n) is 1.14. The zero-order valence-electron chi connectivity index (χ0n) is 7.78. The number of halogens is 1. The normalized spacial score (nSPS) is 9.13. The van der Waals surface area contributed by atoms with E-state index in [4.69, 9.17) is 16.9 Å². The van der Waals surface area contributed by atoms with Crippen molar-refractivity contribution in [2.24, 2.45) is 0 Å². The van der Waals surface area contributed by atoms with Crippen LogP contribution in [0.5, 0.6) is 0 Å². The molecule has 1 rings (SSSR count). The van der Waals surface area contributed by atoms with Gasteiger partial charge in [0.1, 0.15) is 6.07 Å². The van der Waals surface area contributed by atoms with Crippen LogP contribution in [-0.4, -0.2) is 19.4 Å². The lowest BCUT2D eigenvalue weighted by atomic mass is 10.0. The first kappa shape index (κ1) is 11.2. The quantitative estimate of drug-likeness (QED) is 0.567. The maximum Gasteiger partial charge on any atom is 0.339 e. The number of nitriles is 1. The fourth-order valence-corrected chi connectivity index (χ4v) is 1.37. The monoisotopic (exact) mass is 223 g/mol. The van der Waals surface area contributed by atoms with Crippen LogP contribution < -0.4 is 0 Å². The Labute approximate surface area is 91.0 Å². The molecule has 0 radical (unpaired) electrons. The number of ether oxygens (including phenoxy) is 1. The van der Waals surface area contributed by atoms with Crippen molar-refractivity contribution in [3.8, 4) is 6.07 Å². The molecule has 0 amide bonds. The summed E-state index contributed by atoms with van der Waals surface area (Å²) in [4.78, 5) is 22.0. The molecule has 0 saturated carbocycles. The van der Waals surface area contributed by atoms with Crippen molar-refractivity contribution >= 4 is 23.9 Å². The number of carbonyl (C=O) groups is 2. The number of rotatable bonds is 2. The average molecular weight is 224 g/mol. The molecule has 0 aliphatic heterocycles. The Bertz CT molecular complexity index is 462. The zero-order chi connectivity index (χ0) is 11.4. The molecule has 76 valence electrons. The van der Waals surface area contributed by atoms with Crippen molar-refractivity contribution in [3.05, 3.63) is 33.8 Å². The van der Waals surface area contributed by atoms with Crippen LogP contribution in [0.2, 0.25) is 5.02 Å². The molecule has 0 aliphatic carbocycles. The molecule has 5 heteroatoms. The topological polar surface area (TPSA) is 67.2 Å². The van der Waals surface area contributed by atoms with Crippen molar-refractivity contribution in [1.29, 1.82) is 5.26 Å². The van der Waals surface area contributed by atoms with Crippen molar-refractivity contribution in [3.63, 3.8) is 0 Å². The Hall–Kier alpha value is -1.86. The summed E-state index contributed by atoms with van der Waals surface area (Å²) < 4.78 is 4.47. The molecular weight excluding hydrogens is 218 g/mol. The molecule has 0 N–H and O–H groups in total. The Morgan fingerprint density at radius 2 is 2.27 bits per heavy atom. The Balaban J connectivity index is 3.52. The minimum Gasteiger partial charge on any atom is -0.465 e. The number of benzene rings is 1. The van der Waals surface area contributed by atoms with Crippen molar-refractivity contribution < 1.29 is 14.3 Å². The van der Waals surface area contributed by atoms with Crippen molar-refractivity contribution in [1.82, 2.24) is 0 Å². The van der Waals surface area contributed by atoms with Gasteiger partial charge in [-0.15, -0.1) is 0 Å². The third kappa shape index (κ3) is 2.14. The second-order valence-corrected chi connectivity index (χ2v) is 3.08. The van der Waals surface area contributed by atoms with E-state index in [1.165, 1.54) is 19.2 Å². The summed E-state index contributed by atoms with van der Waals surface area (Å²) in [5.74, 6) is -0.731. The van der Waals surface area contributed by atoms with Crippen LogP contribution in [0.3, 0.4) is 0 Å². The van der Waals surface area contributed by atoms with E-state index in [-0.39, 0.29) is 21.7 Å². The molecule has 0 bridgehead atoms. The molecule has 4 nitrogen and oxygen atoms in total. The van der Waals surface area contributed by atoms with Gasteiger partial charge < -0.3 is 4.74 Å². The van der Waals surface area contributed by atoms with Crippen LogP contribution in [0.1, 0.15) is 26.3 Å². The van der Waals surface area contributed by atoms with E-state index < -0.39 is 5.97 Å². The highest BCUT2D eigenvalue weighted by Gasteiger charge is 2.17. The third-order valence-corrected chi connectivity index (χ3v) is 1.99. The second-order valence-electron chi connectivity index (χ2n) is 2.64. The van der Waals surface area contributed by atoms with E-state index in [1.807, 2.05) is 0 Å². The van der Waals surface area contributed by atoms with E-state index in [2.05, 4.69) is 4.74 Å². The van der Waals surface area contributed by atoms with Gasteiger partial charge in [0.25, 0.3) is 0 Å². The smallest absolute Gasteiger partial charge is 0.339 e. The van der Waals surface area contributed by atoms with Gasteiger partial charge in [0, 0.05) is 10.6 Å². The molecule has 0 unspecified atom stereocenters. The van der Waals surface area contributed by atoms with Gasteiger partial charge in [0.05, 0.1) is 18.2 Å². The van der Waals surface area contributed by atoms with Gasteiger partial charge in [-0.05, 0) is 12.1 Å². The first-order valence-corrected chi connectivity index (χ1v) is 4.29. The highest BCUT2D eigenvalue weighted by atomic mass is 35.5. The standard InChI is InChI=1S/C10H6ClNO3/c1-15-10(14)9-6(4-12)2-8(11)3-7(9)5-13/h2-3,5H,1H3. The molecule has 0 aliphatic rings. The summed E-state index contributed by atoms with van der Waals surface area (Å²) in [6, 6.07) is 4.40. The predicted molar refractivity (Wildman–Crippen MR) is 52.9 cm³/mol. The summed E-state index contributed by atoms with van der Waals surface area (Å²) >= 11 is 5.67. The van der Waals surface area contributed by atoms with Crippen molar-refractivity contribution in [2.45, 2.75) is 0 Å². The van der Waals surface area contributed by atoms with Crippen LogP contribution >= 0.6 is 11.6 Å². The molecule has 0 atom stereocenters. The van der Waals surface area contributed by atoms with Crippen LogP contribution in [0.4, 0.5) is 0 Å². The van der Waals surface area contributed by atoms with Gasteiger partial charge in [-0.2, -0.15) is 5.26 Å². The molecule has 15 heavy (non-hydrogen) atoms. The van der Waals surface area contributed by atoms with Crippen LogP contribution in [0, 0.1) is 11.3 Å². The van der Waals surface area contributed by atoms with Gasteiger partial charge in [0.2, 0.25) is 0 Å². The van der Waals surface area contributed by atoms with Crippen molar-refractivity contribution in [2.75, 3.05) is 7.11 Å². The molecule has 0 spiro atoms. The zero-order valence-corrected chi connectivity index (χ0v) is 8.54. The SMILES string of the molecule is COC(=O)c1c(C#N)cc(Cl)cc1C=O. The Morgan fingerprint density at radius 3 is 2.73 bits per heavy atom. The lowest BCUT2D eigenvalue weighted by Crippen LogP contribution is -2.08. The first-order chi connectivity index (χ1) is 7.13. The summed E-state index contributed by atoms with van der Waals surface area (Å²) in [6.45, 7) is 0. The van der Waals surface area contributed by atoms with E-state index in [1.54, 1.807) is 6.07 Å². The number of hydrogen-bond acceptors (Lipinski definition) is 4. The average Bonchev–Trinajstić information content (AvgIpc) is 2.26. The lowest BCUT2D eigenvalue weighted by molar-refractivity contribution is 0.0598. The summed E-state index contributed by atoms with van der Waals surface area (Å²) in [5.41, 5.74) is 0.0155. The van der Waals surface area contributed by atoms with Gasteiger partial charge in [0.15, 0.2) is 6.29 Å². The largest absolute Gasteiger partial charge is 0.465 e. The molecule has 0 fully saturated rings. The predicted octanol–water partition coefficient (Wildman–Crippen LogP) is 1.81. The van der Waals surface area contributed by atoms with Gasteiger partial charge in [-0.1, -0.05) is 11.6 Å². The van der Waals surface area contributed by atoms with Crippen LogP contribution in [0.15, 0.2) is 12.1 Å². The summed E-state index contributed by atoms with van der Waals surface area (Å²) in [7, 11) is 1.17. The number of methoxy groups -OCH3 is 1. The minimum absolute atomic E-state index is 0.0245. The Morgan fingerprint density at radius 1 is 1.60 bits per heavy atom. The fraction of sp³-hybridized carbons (Fsp3) is 0.100. The maximum atomic E-state index is 11.3. The molecular formula is C10H6ClNO3. The lowest BCUT2D eigenvalue weighted by Gasteiger charge is -2.05. The van der Waals surface area contributed by atoms with Crippen LogP contribution in [0.25, 0.3) is 0 Å². The molecule has 0 aromatic heterocycles. The summed E-state index contributed by atoms with van der Waals surface area (Å²) in [6.07, 6.45) is 0.457. The van der Waals surface area contributed by atoms with E-state index in [0.717, 1.165) is 0 Å². The van der Waals surface area contributed by atoms with E-state index in [9.17, 15) is 9.59 Å². The molecule has 0 saturated heterocycles. The first-order valence-electron chi connectivity index (χ1n) is 3.91. The number of aldehydes is 1. The highest BCUT2D eigenvalue weighted by Crippen LogP contribution is 2.20. The Kier molecular flexibility index (Phi) is 3.42. The van der Waals surface area contributed by atoms with Gasteiger partial charge >= 0.3 is 5.97 Å². The van der Waals surface area contributed by atoms with Gasteiger partial charge in [-0.25, -0.2) is 4.79 Å². The molecule has 0 heterocycles. The number of hydrogen-bond donors (Lipinski definition) is 0. The van der Waals surface area contributed by atoms with Gasteiger partial charge in [-0.3, -0.25) is 4.79 Å². The number of carbonyl (C=O) groups excluding carboxylic acids is 2. The minimum atomic E-state index is -0.731. The van der Waals surface area contributed by atoms with E-state index >= 15 is 0 Å². The third-order valence-electron chi connectivity index (χ3n) is 1.77. The molecule has 1 aromatic rings. The maximum absolute atomic E-state index is 11.3. The van der Waals surface area contributed by atoms with E-state index in [0.29, 0.717) is 6.29 Å². The van der Waals surface area contributed by atoms with Crippen LogP contribution in [-0.2, 0) is 4.74 Å². The highest BCUT2D eigenvalue weighted by molar-refractivity contribution is 6.31. The second kappa shape index (κ2) is 4.58. The molecule has 1 aromatic carbocycles. The summed E-state index contributed by atoms with van der Waals surface area (Å²) in [5, 5.41) is 9.00.